The SMILES string of the molecule is C=CC(=NC(C)C)N(C(C)C)C(C)C. The van der Waals surface area contributed by atoms with Gasteiger partial charge in [0.05, 0.1) is 0 Å². The van der Waals surface area contributed by atoms with Crippen molar-refractivity contribution >= 4 is 5.84 Å². The molecule has 0 saturated carbocycles. The number of hydrogen-bond donors (Lipinski definition) is 0. The Morgan fingerprint density at radius 3 is 1.71 bits per heavy atom. The van der Waals surface area contributed by atoms with E-state index in [1.807, 2.05) is 6.08 Å². The second-order valence-corrected chi connectivity index (χ2v) is 4.38. The molecule has 0 aromatic heterocycles. The van der Waals surface area contributed by atoms with E-state index in [1.54, 1.807) is 0 Å². The van der Waals surface area contributed by atoms with Gasteiger partial charge < -0.3 is 4.90 Å². The molecule has 0 saturated heterocycles. The normalized spacial score (nSPS) is 12.8. The molecule has 14 heavy (non-hydrogen) atoms. The van der Waals surface area contributed by atoms with E-state index in [0.717, 1.165) is 5.84 Å². The average Bonchev–Trinajstić information content (AvgIpc) is 2.00. The van der Waals surface area contributed by atoms with E-state index >= 15 is 0 Å². The first kappa shape index (κ1) is 13.2. The van der Waals surface area contributed by atoms with E-state index < -0.39 is 0 Å². The molecule has 0 fully saturated rings. The molecule has 0 aliphatic carbocycles. The van der Waals surface area contributed by atoms with Gasteiger partial charge in [-0.05, 0) is 47.6 Å². The van der Waals surface area contributed by atoms with Gasteiger partial charge in [0, 0.05) is 18.1 Å². The summed E-state index contributed by atoms with van der Waals surface area (Å²) in [6.07, 6.45) is 1.85. The fourth-order valence-electron chi connectivity index (χ4n) is 1.61. The summed E-state index contributed by atoms with van der Waals surface area (Å²) in [4.78, 5) is 6.85. The molecule has 0 aliphatic heterocycles. The Bertz CT molecular complexity index is 194. The average molecular weight is 196 g/mol. The summed E-state index contributed by atoms with van der Waals surface area (Å²) in [6.45, 7) is 16.7. The minimum atomic E-state index is 0.322. The highest BCUT2D eigenvalue weighted by Crippen LogP contribution is 2.08. The van der Waals surface area contributed by atoms with Gasteiger partial charge in [0.25, 0.3) is 0 Å². The molecule has 0 unspecified atom stereocenters. The van der Waals surface area contributed by atoms with Gasteiger partial charge in [-0.2, -0.15) is 0 Å². The largest absolute Gasteiger partial charge is 0.352 e. The fraction of sp³-hybridized carbons (Fsp3) is 0.750. The number of hydrogen-bond acceptors (Lipinski definition) is 1. The van der Waals surface area contributed by atoms with Crippen LogP contribution in [-0.2, 0) is 0 Å². The molecule has 0 spiro atoms. The minimum absolute atomic E-state index is 0.322. The number of amidine groups is 1. The first-order chi connectivity index (χ1) is 6.40. The maximum absolute atomic E-state index is 4.56. The topological polar surface area (TPSA) is 15.6 Å². The van der Waals surface area contributed by atoms with Crippen molar-refractivity contribution in [1.82, 2.24) is 4.90 Å². The molecule has 0 bridgehead atoms. The van der Waals surface area contributed by atoms with Crippen molar-refractivity contribution in [2.24, 2.45) is 4.99 Å². The molecule has 0 atom stereocenters. The van der Waals surface area contributed by atoms with Gasteiger partial charge in [-0.3, -0.25) is 4.99 Å². The van der Waals surface area contributed by atoms with E-state index in [4.69, 9.17) is 0 Å². The molecule has 0 heterocycles. The molecular formula is C12H24N2. The van der Waals surface area contributed by atoms with E-state index in [0.29, 0.717) is 18.1 Å². The van der Waals surface area contributed by atoms with Crippen molar-refractivity contribution in [1.29, 1.82) is 0 Å². The lowest BCUT2D eigenvalue weighted by molar-refractivity contribution is 0.292. The fourth-order valence-corrected chi connectivity index (χ4v) is 1.61. The van der Waals surface area contributed by atoms with Crippen molar-refractivity contribution in [2.45, 2.75) is 59.7 Å². The molecule has 0 aromatic rings. The molecular weight excluding hydrogens is 172 g/mol. The van der Waals surface area contributed by atoms with Crippen LogP contribution < -0.4 is 0 Å². The monoisotopic (exact) mass is 196 g/mol. The smallest absolute Gasteiger partial charge is 0.123 e. The summed E-state index contributed by atoms with van der Waals surface area (Å²) < 4.78 is 0. The lowest BCUT2D eigenvalue weighted by Crippen LogP contribution is -2.41. The summed E-state index contributed by atoms with van der Waals surface area (Å²) in [5.41, 5.74) is 0. The Kier molecular flexibility index (Phi) is 5.51. The third kappa shape index (κ3) is 3.95. The molecule has 0 amide bonds. The quantitative estimate of drug-likeness (QED) is 0.498. The highest BCUT2D eigenvalue weighted by molar-refractivity contribution is 5.93. The van der Waals surface area contributed by atoms with Crippen LogP contribution in [0.15, 0.2) is 17.6 Å². The highest BCUT2D eigenvalue weighted by atomic mass is 15.2. The summed E-state index contributed by atoms with van der Waals surface area (Å²) >= 11 is 0. The van der Waals surface area contributed by atoms with Gasteiger partial charge in [0.15, 0.2) is 0 Å². The van der Waals surface area contributed by atoms with Crippen LogP contribution in [0.4, 0.5) is 0 Å². The van der Waals surface area contributed by atoms with Gasteiger partial charge in [-0.1, -0.05) is 6.58 Å². The van der Waals surface area contributed by atoms with Crippen LogP contribution in [0.1, 0.15) is 41.5 Å². The van der Waals surface area contributed by atoms with Crippen LogP contribution >= 0.6 is 0 Å². The second-order valence-electron chi connectivity index (χ2n) is 4.38. The Hall–Kier alpha value is -0.790. The van der Waals surface area contributed by atoms with E-state index in [1.165, 1.54) is 0 Å². The molecule has 0 aliphatic rings. The van der Waals surface area contributed by atoms with Crippen molar-refractivity contribution < 1.29 is 0 Å². The number of aliphatic imine (C=N–C) groups is 1. The molecule has 2 heteroatoms. The standard InChI is InChI=1S/C12H24N2/c1-8-12(13-9(2)3)14(10(4)5)11(6)7/h8-11H,1H2,2-7H3. The zero-order valence-corrected chi connectivity index (χ0v) is 10.4. The minimum Gasteiger partial charge on any atom is -0.352 e. The number of rotatable bonds is 4. The van der Waals surface area contributed by atoms with E-state index in [-0.39, 0.29) is 0 Å². The van der Waals surface area contributed by atoms with Crippen LogP contribution in [0.5, 0.6) is 0 Å². The summed E-state index contributed by atoms with van der Waals surface area (Å²) in [7, 11) is 0. The molecule has 2 nitrogen and oxygen atoms in total. The van der Waals surface area contributed by atoms with Crippen molar-refractivity contribution in [3.8, 4) is 0 Å². The molecule has 0 N–H and O–H groups in total. The van der Waals surface area contributed by atoms with Gasteiger partial charge in [0.2, 0.25) is 0 Å². The Labute approximate surface area is 88.7 Å². The van der Waals surface area contributed by atoms with Crippen molar-refractivity contribution in [2.75, 3.05) is 0 Å². The zero-order valence-electron chi connectivity index (χ0n) is 10.4. The van der Waals surface area contributed by atoms with Crippen LogP contribution in [0, 0.1) is 0 Å². The Balaban J connectivity index is 4.86. The predicted molar refractivity (Wildman–Crippen MR) is 64.9 cm³/mol. The molecule has 0 radical (unpaired) electrons. The lowest BCUT2D eigenvalue weighted by atomic mass is 10.2. The zero-order chi connectivity index (χ0) is 11.3. The Morgan fingerprint density at radius 1 is 1.07 bits per heavy atom. The predicted octanol–water partition coefficient (Wildman–Crippen LogP) is 3.10. The van der Waals surface area contributed by atoms with Crippen molar-refractivity contribution in [3.63, 3.8) is 0 Å². The lowest BCUT2D eigenvalue weighted by Gasteiger charge is -2.33. The van der Waals surface area contributed by atoms with E-state index in [2.05, 4.69) is 58.0 Å². The van der Waals surface area contributed by atoms with Gasteiger partial charge in [-0.15, -0.1) is 0 Å². The van der Waals surface area contributed by atoms with Crippen LogP contribution in [-0.4, -0.2) is 28.9 Å². The first-order valence-electron chi connectivity index (χ1n) is 5.38. The molecule has 0 rings (SSSR count). The molecule has 0 aromatic carbocycles. The van der Waals surface area contributed by atoms with Crippen LogP contribution in [0.2, 0.25) is 0 Å². The van der Waals surface area contributed by atoms with Gasteiger partial charge in [-0.25, -0.2) is 0 Å². The summed E-state index contributed by atoms with van der Waals surface area (Å²) in [6, 6.07) is 1.25. The molecule has 82 valence electrons. The maximum atomic E-state index is 4.56. The van der Waals surface area contributed by atoms with E-state index in [9.17, 15) is 0 Å². The van der Waals surface area contributed by atoms with Crippen molar-refractivity contribution in [3.05, 3.63) is 12.7 Å². The third-order valence-corrected chi connectivity index (χ3v) is 1.95. The maximum Gasteiger partial charge on any atom is 0.123 e. The van der Waals surface area contributed by atoms with Gasteiger partial charge in [0.1, 0.15) is 5.84 Å². The summed E-state index contributed by atoms with van der Waals surface area (Å²) in [5.74, 6) is 1.00. The highest BCUT2D eigenvalue weighted by Gasteiger charge is 2.15. The Morgan fingerprint density at radius 2 is 1.50 bits per heavy atom. The number of nitrogens with zero attached hydrogens (tertiary/aromatic N) is 2. The van der Waals surface area contributed by atoms with Crippen LogP contribution in [0.25, 0.3) is 0 Å². The summed E-state index contributed by atoms with van der Waals surface area (Å²) in [5, 5.41) is 0. The third-order valence-electron chi connectivity index (χ3n) is 1.95. The second kappa shape index (κ2) is 5.84. The first-order valence-corrected chi connectivity index (χ1v) is 5.38. The van der Waals surface area contributed by atoms with Gasteiger partial charge >= 0.3 is 0 Å². The van der Waals surface area contributed by atoms with Crippen LogP contribution in [0.3, 0.4) is 0 Å².